The molecule has 12 heteroatoms. The number of imidazole rings is 1. The maximum Gasteiger partial charge on any atom is 0.417 e. The molecule has 4 aromatic rings. The van der Waals surface area contributed by atoms with Crippen molar-refractivity contribution in [2.75, 3.05) is 25.2 Å². The van der Waals surface area contributed by atoms with Crippen molar-refractivity contribution in [1.29, 1.82) is 0 Å². The van der Waals surface area contributed by atoms with Crippen molar-refractivity contribution in [3.8, 4) is 17.1 Å². The Morgan fingerprint density at radius 2 is 1.78 bits per heavy atom. The van der Waals surface area contributed by atoms with Crippen LogP contribution in [0.25, 0.3) is 22.4 Å². The van der Waals surface area contributed by atoms with Crippen molar-refractivity contribution >= 4 is 22.5 Å². The van der Waals surface area contributed by atoms with Crippen LogP contribution in [0.2, 0.25) is 0 Å². The number of aromatic nitrogens is 3. The smallest absolute Gasteiger partial charge is 0.417 e. The van der Waals surface area contributed by atoms with Gasteiger partial charge in [0.2, 0.25) is 0 Å². The summed E-state index contributed by atoms with van der Waals surface area (Å²) in [5.74, 6) is 1.06. The SMILES string of the molecule is COC[C@H]1COc2c(-c3nc4cc(C(F)(F)F)c(C(F)(F)F)cc4[nH]3)cccc2N1c1ccc(C)cn1. The molecule has 0 radical (unpaired) electrons. The molecule has 1 N–H and O–H groups in total. The van der Waals surface area contributed by atoms with E-state index in [0.29, 0.717) is 41.6 Å². The van der Waals surface area contributed by atoms with Crippen LogP contribution in [0.3, 0.4) is 0 Å². The molecule has 5 rings (SSSR count). The third-order valence-electron chi connectivity index (χ3n) is 6.03. The number of nitrogens with zero attached hydrogens (tertiary/aromatic N) is 3. The molecule has 2 aromatic carbocycles. The largest absolute Gasteiger partial charge is 0.488 e. The highest BCUT2D eigenvalue weighted by molar-refractivity contribution is 5.86. The van der Waals surface area contributed by atoms with Crippen LogP contribution in [0.15, 0.2) is 48.7 Å². The fourth-order valence-electron chi connectivity index (χ4n) is 4.38. The maximum absolute atomic E-state index is 13.4. The molecule has 3 heterocycles. The van der Waals surface area contributed by atoms with Crippen LogP contribution < -0.4 is 9.64 Å². The first-order chi connectivity index (χ1) is 17.5. The predicted molar refractivity (Wildman–Crippen MR) is 124 cm³/mol. The summed E-state index contributed by atoms with van der Waals surface area (Å²) in [5.41, 5.74) is -2.06. The third-order valence-corrected chi connectivity index (χ3v) is 6.03. The van der Waals surface area contributed by atoms with Crippen molar-refractivity contribution in [2.45, 2.75) is 25.3 Å². The summed E-state index contributed by atoms with van der Waals surface area (Å²) in [6.07, 6.45) is -8.68. The summed E-state index contributed by atoms with van der Waals surface area (Å²) < 4.78 is 91.9. The lowest BCUT2D eigenvalue weighted by Crippen LogP contribution is -2.43. The molecule has 1 aliphatic rings. The summed E-state index contributed by atoms with van der Waals surface area (Å²) in [6, 6.07) is 9.47. The number of aryl methyl sites for hydroxylation is 1. The number of benzene rings is 2. The summed E-state index contributed by atoms with van der Waals surface area (Å²) in [4.78, 5) is 13.4. The Hall–Kier alpha value is -3.80. The molecule has 0 saturated heterocycles. The van der Waals surface area contributed by atoms with E-state index in [9.17, 15) is 26.3 Å². The van der Waals surface area contributed by atoms with Crippen molar-refractivity contribution in [1.82, 2.24) is 15.0 Å². The Balaban J connectivity index is 1.65. The van der Waals surface area contributed by atoms with E-state index >= 15 is 0 Å². The van der Waals surface area contributed by atoms with E-state index in [1.807, 2.05) is 24.0 Å². The van der Waals surface area contributed by atoms with Crippen LogP contribution in [-0.2, 0) is 17.1 Å². The van der Waals surface area contributed by atoms with E-state index in [0.717, 1.165) is 5.56 Å². The van der Waals surface area contributed by atoms with Gasteiger partial charge in [0.1, 0.15) is 18.2 Å². The Morgan fingerprint density at radius 3 is 2.43 bits per heavy atom. The number of hydrogen-bond donors (Lipinski definition) is 1. The molecule has 0 unspecified atom stereocenters. The summed E-state index contributed by atoms with van der Waals surface area (Å²) in [6.45, 7) is 2.43. The van der Waals surface area contributed by atoms with Gasteiger partial charge in [-0.3, -0.25) is 0 Å². The molecule has 0 spiro atoms. The number of nitrogens with one attached hydrogen (secondary N) is 1. The number of ether oxygens (including phenoxy) is 2. The Bertz CT molecular complexity index is 1400. The molecular weight excluding hydrogens is 502 g/mol. The Kier molecular flexibility index (Phi) is 6.01. The second-order valence-electron chi connectivity index (χ2n) is 8.63. The topological polar surface area (TPSA) is 63.3 Å². The number of rotatable bonds is 4. The third kappa shape index (κ3) is 4.57. The van der Waals surface area contributed by atoms with Gasteiger partial charge >= 0.3 is 12.4 Å². The van der Waals surface area contributed by atoms with Gasteiger partial charge in [0.15, 0.2) is 5.75 Å². The molecule has 1 aliphatic heterocycles. The summed E-state index contributed by atoms with van der Waals surface area (Å²) >= 11 is 0. The van der Waals surface area contributed by atoms with Crippen molar-refractivity contribution in [3.63, 3.8) is 0 Å². The van der Waals surface area contributed by atoms with Crippen molar-refractivity contribution in [3.05, 3.63) is 65.4 Å². The molecule has 0 bridgehead atoms. The highest BCUT2D eigenvalue weighted by Gasteiger charge is 2.43. The van der Waals surface area contributed by atoms with Crippen LogP contribution in [0, 0.1) is 6.92 Å². The van der Waals surface area contributed by atoms with Gasteiger partial charge in [0.25, 0.3) is 0 Å². The fourth-order valence-corrected chi connectivity index (χ4v) is 4.38. The standard InChI is InChI=1S/C25H20F6N4O2/c1-13-6-7-21(32-10-13)35-14(11-36-2)12-37-22-15(4-3-5-20(22)35)23-33-18-8-16(24(26,27)28)17(25(29,30)31)9-19(18)34-23/h3-10,14H,11-12H2,1-2H3,(H,33,34)/t14-/m0/s1. The molecular formula is C25H20F6N4O2. The number of anilines is 2. The monoisotopic (exact) mass is 522 g/mol. The predicted octanol–water partition coefficient (Wildman–Crippen LogP) is 6.52. The van der Waals surface area contributed by atoms with Gasteiger partial charge in [0.05, 0.1) is 46.1 Å². The van der Waals surface area contributed by atoms with Gasteiger partial charge < -0.3 is 19.4 Å². The average Bonchev–Trinajstić information content (AvgIpc) is 3.26. The van der Waals surface area contributed by atoms with Gasteiger partial charge in [0, 0.05) is 13.3 Å². The normalized spacial score (nSPS) is 16.1. The molecule has 2 aromatic heterocycles. The molecule has 194 valence electrons. The number of fused-ring (bicyclic) bond motifs is 2. The zero-order valence-corrected chi connectivity index (χ0v) is 19.5. The number of methoxy groups -OCH3 is 1. The van der Waals surface area contributed by atoms with Gasteiger partial charge in [-0.2, -0.15) is 26.3 Å². The molecule has 1 atom stereocenters. The van der Waals surface area contributed by atoms with Crippen molar-refractivity contribution < 1.29 is 35.8 Å². The Morgan fingerprint density at radius 1 is 1.05 bits per heavy atom. The molecule has 0 aliphatic carbocycles. The molecule has 0 fully saturated rings. The average molecular weight is 522 g/mol. The number of H-pyrrole nitrogens is 1. The first kappa shape index (κ1) is 24.9. The van der Waals surface area contributed by atoms with Crippen LogP contribution in [0.1, 0.15) is 16.7 Å². The van der Waals surface area contributed by atoms with E-state index in [2.05, 4.69) is 15.0 Å². The zero-order chi connectivity index (χ0) is 26.5. The molecule has 6 nitrogen and oxygen atoms in total. The van der Waals surface area contributed by atoms with E-state index in [1.54, 1.807) is 31.5 Å². The second kappa shape index (κ2) is 8.94. The number of halogens is 6. The maximum atomic E-state index is 13.4. The number of hydrogen-bond acceptors (Lipinski definition) is 5. The number of para-hydroxylation sites is 1. The lowest BCUT2D eigenvalue weighted by atomic mass is 10.1. The minimum Gasteiger partial charge on any atom is -0.488 e. The minimum absolute atomic E-state index is 0.0707. The molecule has 37 heavy (non-hydrogen) atoms. The van der Waals surface area contributed by atoms with Gasteiger partial charge in [-0.05, 0) is 42.8 Å². The lowest BCUT2D eigenvalue weighted by molar-refractivity contribution is -0.161. The first-order valence-electron chi connectivity index (χ1n) is 11.1. The van der Waals surface area contributed by atoms with E-state index in [1.165, 1.54) is 0 Å². The Labute approximate surface area is 206 Å². The van der Waals surface area contributed by atoms with Crippen LogP contribution in [-0.4, -0.2) is 41.3 Å². The second-order valence-corrected chi connectivity index (χ2v) is 8.63. The number of aromatic amines is 1. The quantitative estimate of drug-likeness (QED) is 0.310. The van der Waals surface area contributed by atoms with Crippen LogP contribution in [0.5, 0.6) is 5.75 Å². The zero-order valence-electron chi connectivity index (χ0n) is 19.5. The van der Waals surface area contributed by atoms with E-state index in [-0.39, 0.29) is 29.5 Å². The first-order valence-corrected chi connectivity index (χ1v) is 11.1. The molecule has 0 amide bonds. The number of alkyl halides is 6. The van der Waals surface area contributed by atoms with Gasteiger partial charge in [-0.25, -0.2) is 9.97 Å². The van der Waals surface area contributed by atoms with Crippen LogP contribution >= 0.6 is 0 Å². The van der Waals surface area contributed by atoms with E-state index in [4.69, 9.17) is 9.47 Å². The minimum atomic E-state index is -5.20. The van der Waals surface area contributed by atoms with Gasteiger partial charge in [-0.1, -0.05) is 12.1 Å². The van der Waals surface area contributed by atoms with E-state index < -0.39 is 23.5 Å². The summed E-state index contributed by atoms with van der Waals surface area (Å²) in [5, 5.41) is 0. The highest BCUT2D eigenvalue weighted by atomic mass is 19.4. The molecule has 0 saturated carbocycles. The summed E-state index contributed by atoms with van der Waals surface area (Å²) in [7, 11) is 1.56. The highest BCUT2D eigenvalue weighted by Crippen LogP contribution is 2.46. The van der Waals surface area contributed by atoms with Gasteiger partial charge in [-0.15, -0.1) is 0 Å². The van der Waals surface area contributed by atoms with Crippen LogP contribution in [0.4, 0.5) is 37.8 Å². The van der Waals surface area contributed by atoms with Crippen molar-refractivity contribution in [2.24, 2.45) is 0 Å². The lowest BCUT2D eigenvalue weighted by Gasteiger charge is -2.38. The number of pyridine rings is 1. The fraction of sp³-hybridized carbons (Fsp3) is 0.280.